The fraction of sp³-hybridized carbons (Fsp3) is 0. The molecule has 0 saturated carbocycles. The minimum atomic E-state index is -3.83. The average Bonchev–Trinajstić information content (AvgIpc) is 2.62. The molecule has 0 amide bonds. The van der Waals surface area contributed by atoms with Crippen LogP contribution in [-0.2, 0) is 10.2 Å². The van der Waals surface area contributed by atoms with Gasteiger partial charge in [0.1, 0.15) is 0 Å². The number of halogens is 2. The largest absolute Gasteiger partial charge is 0.328 e. The van der Waals surface area contributed by atoms with Crippen molar-refractivity contribution in [3.05, 3.63) is 54.1 Å². The van der Waals surface area contributed by atoms with Crippen LogP contribution in [0, 0.1) is 11.6 Å². The van der Waals surface area contributed by atoms with E-state index in [1.807, 2.05) is 0 Å². The standard InChI is InChI=1S/C12H8F2N2O2S/c13-9-6-5-8(7-10(9)14)16-12-4-2-1-3-11(12)15-19(16,17)18/h1-7,15H. The molecule has 0 saturated heterocycles. The van der Waals surface area contributed by atoms with Crippen LogP contribution in [0.1, 0.15) is 0 Å². The molecule has 2 aromatic rings. The van der Waals surface area contributed by atoms with Crippen LogP contribution < -0.4 is 9.03 Å². The van der Waals surface area contributed by atoms with Crippen molar-refractivity contribution >= 4 is 27.3 Å². The molecule has 0 aromatic heterocycles. The second kappa shape index (κ2) is 3.92. The summed E-state index contributed by atoms with van der Waals surface area (Å²) in [7, 11) is -3.83. The Labute approximate surface area is 108 Å². The summed E-state index contributed by atoms with van der Waals surface area (Å²) in [5, 5.41) is 0. The van der Waals surface area contributed by atoms with Crippen LogP contribution >= 0.6 is 0 Å². The number of anilines is 3. The van der Waals surface area contributed by atoms with Gasteiger partial charge in [-0.15, -0.1) is 0 Å². The molecule has 7 heteroatoms. The van der Waals surface area contributed by atoms with Crippen molar-refractivity contribution in [3.8, 4) is 0 Å². The number of nitrogens with one attached hydrogen (secondary N) is 1. The van der Waals surface area contributed by atoms with Crippen LogP contribution in [0.5, 0.6) is 0 Å². The first-order valence-corrected chi connectivity index (χ1v) is 6.80. The van der Waals surface area contributed by atoms with E-state index in [2.05, 4.69) is 4.72 Å². The Morgan fingerprint density at radius 2 is 1.74 bits per heavy atom. The van der Waals surface area contributed by atoms with Crippen molar-refractivity contribution < 1.29 is 17.2 Å². The first-order chi connectivity index (χ1) is 8.99. The number of benzene rings is 2. The van der Waals surface area contributed by atoms with Crippen LogP contribution in [0.2, 0.25) is 0 Å². The predicted molar refractivity (Wildman–Crippen MR) is 67.5 cm³/mol. The zero-order valence-corrected chi connectivity index (χ0v) is 10.3. The molecule has 0 aliphatic carbocycles. The Morgan fingerprint density at radius 1 is 1.00 bits per heavy atom. The van der Waals surface area contributed by atoms with Gasteiger partial charge in [-0.2, -0.15) is 8.42 Å². The van der Waals surface area contributed by atoms with Crippen LogP contribution in [0.25, 0.3) is 0 Å². The SMILES string of the molecule is O=S1(=O)Nc2ccccc2N1c1ccc(F)c(F)c1. The van der Waals surface area contributed by atoms with Crippen LogP contribution in [0.4, 0.5) is 25.8 Å². The summed E-state index contributed by atoms with van der Waals surface area (Å²) in [6.07, 6.45) is 0. The van der Waals surface area contributed by atoms with Crippen molar-refractivity contribution in [2.75, 3.05) is 9.03 Å². The van der Waals surface area contributed by atoms with Gasteiger partial charge in [0, 0.05) is 6.07 Å². The quantitative estimate of drug-likeness (QED) is 0.874. The second-order valence-electron chi connectivity index (χ2n) is 3.99. The van der Waals surface area contributed by atoms with E-state index >= 15 is 0 Å². The molecule has 0 unspecified atom stereocenters. The van der Waals surface area contributed by atoms with Crippen molar-refractivity contribution in [1.82, 2.24) is 0 Å². The van der Waals surface area contributed by atoms with Gasteiger partial charge in [0.15, 0.2) is 11.6 Å². The monoisotopic (exact) mass is 282 g/mol. The summed E-state index contributed by atoms with van der Waals surface area (Å²) < 4.78 is 53.5. The molecule has 98 valence electrons. The van der Waals surface area contributed by atoms with Gasteiger partial charge >= 0.3 is 10.2 Å². The molecular formula is C12H8F2N2O2S. The van der Waals surface area contributed by atoms with E-state index in [0.29, 0.717) is 11.4 Å². The van der Waals surface area contributed by atoms with Crippen LogP contribution in [-0.4, -0.2) is 8.42 Å². The summed E-state index contributed by atoms with van der Waals surface area (Å²) in [5.74, 6) is -2.13. The lowest BCUT2D eigenvalue weighted by molar-refractivity contribution is 0.509. The molecule has 3 rings (SSSR count). The minimum absolute atomic E-state index is 0.0383. The lowest BCUT2D eigenvalue weighted by atomic mass is 10.2. The Kier molecular flexibility index (Phi) is 2.46. The molecule has 0 bridgehead atoms. The molecule has 1 aliphatic heterocycles. The first-order valence-electron chi connectivity index (χ1n) is 5.36. The summed E-state index contributed by atoms with van der Waals surface area (Å²) >= 11 is 0. The second-order valence-corrected chi connectivity index (χ2v) is 5.51. The van der Waals surface area contributed by atoms with Crippen LogP contribution in [0.3, 0.4) is 0 Å². The molecule has 0 atom stereocenters. The van der Waals surface area contributed by atoms with Crippen LogP contribution in [0.15, 0.2) is 42.5 Å². The Balaban J connectivity index is 2.20. The lowest BCUT2D eigenvalue weighted by Gasteiger charge is -2.16. The number of rotatable bonds is 1. The fourth-order valence-electron chi connectivity index (χ4n) is 1.94. The van der Waals surface area contributed by atoms with Gasteiger partial charge in [-0.3, -0.25) is 4.72 Å². The number of nitrogens with zero attached hydrogens (tertiary/aromatic N) is 1. The zero-order chi connectivity index (χ0) is 13.6. The Hall–Kier alpha value is -2.15. The van der Waals surface area contributed by atoms with Gasteiger partial charge in [-0.25, -0.2) is 13.1 Å². The predicted octanol–water partition coefficient (Wildman–Crippen LogP) is 2.77. The summed E-state index contributed by atoms with van der Waals surface area (Å²) in [5.41, 5.74) is 0.803. The maximum absolute atomic E-state index is 13.2. The molecule has 1 N–H and O–H groups in total. The minimum Gasteiger partial charge on any atom is -0.264 e. The molecule has 1 aliphatic rings. The van der Waals surface area contributed by atoms with Crippen molar-refractivity contribution in [1.29, 1.82) is 0 Å². The normalized spacial score (nSPS) is 16.0. The molecule has 1 heterocycles. The third kappa shape index (κ3) is 1.82. The molecular weight excluding hydrogens is 274 g/mol. The smallest absolute Gasteiger partial charge is 0.264 e. The summed E-state index contributed by atoms with van der Waals surface area (Å²) in [6.45, 7) is 0. The fourth-order valence-corrected chi connectivity index (χ4v) is 3.29. The third-order valence-electron chi connectivity index (χ3n) is 2.74. The maximum Gasteiger partial charge on any atom is 0.328 e. The highest BCUT2D eigenvalue weighted by Gasteiger charge is 2.33. The van der Waals surface area contributed by atoms with Gasteiger partial charge < -0.3 is 0 Å². The average molecular weight is 282 g/mol. The van der Waals surface area contributed by atoms with Gasteiger partial charge in [0.2, 0.25) is 0 Å². The maximum atomic E-state index is 13.2. The summed E-state index contributed by atoms with van der Waals surface area (Å²) in [4.78, 5) is 0. The molecule has 19 heavy (non-hydrogen) atoms. The number of hydrogen-bond donors (Lipinski definition) is 1. The molecule has 0 fully saturated rings. The lowest BCUT2D eigenvalue weighted by Crippen LogP contribution is -2.25. The van der Waals surface area contributed by atoms with Gasteiger partial charge in [-0.05, 0) is 24.3 Å². The van der Waals surface area contributed by atoms with E-state index in [0.717, 1.165) is 16.4 Å². The van der Waals surface area contributed by atoms with Crippen molar-refractivity contribution in [3.63, 3.8) is 0 Å². The molecule has 0 spiro atoms. The van der Waals surface area contributed by atoms with E-state index in [9.17, 15) is 17.2 Å². The number of fused-ring (bicyclic) bond motifs is 1. The number of para-hydroxylation sites is 2. The first kappa shape index (κ1) is 11.9. The van der Waals surface area contributed by atoms with Gasteiger partial charge in [0.05, 0.1) is 17.1 Å². The van der Waals surface area contributed by atoms with E-state index in [1.54, 1.807) is 24.3 Å². The molecule has 2 aromatic carbocycles. The molecule has 4 nitrogen and oxygen atoms in total. The van der Waals surface area contributed by atoms with E-state index in [1.165, 1.54) is 6.07 Å². The van der Waals surface area contributed by atoms with Crippen molar-refractivity contribution in [2.24, 2.45) is 0 Å². The Bertz CT molecular complexity index is 762. The Morgan fingerprint density at radius 3 is 2.47 bits per heavy atom. The topological polar surface area (TPSA) is 49.4 Å². The third-order valence-corrected chi connectivity index (χ3v) is 4.11. The highest BCUT2D eigenvalue weighted by molar-refractivity contribution is 7.95. The van der Waals surface area contributed by atoms with E-state index < -0.39 is 21.8 Å². The van der Waals surface area contributed by atoms with Crippen molar-refractivity contribution in [2.45, 2.75) is 0 Å². The zero-order valence-electron chi connectivity index (χ0n) is 9.47. The van der Waals surface area contributed by atoms with E-state index in [4.69, 9.17) is 0 Å². The summed E-state index contributed by atoms with van der Waals surface area (Å²) in [6, 6.07) is 9.45. The van der Waals surface area contributed by atoms with Gasteiger partial charge in [-0.1, -0.05) is 12.1 Å². The van der Waals surface area contributed by atoms with Gasteiger partial charge in [0.25, 0.3) is 0 Å². The highest BCUT2D eigenvalue weighted by Crippen LogP contribution is 2.40. The molecule has 0 radical (unpaired) electrons. The highest BCUT2D eigenvalue weighted by atomic mass is 32.2. The number of hydrogen-bond acceptors (Lipinski definition) is 2. The van der Waals surface area contributed by atoms with E-state index in [-0.39, 0.29) is 5.69 Å².